The molecule has 10 aromatic rings. The number of hydrogen-bond donors (Lipinski definition) is 0. The zero-order chi connectivity index (χ0) is 39.6. The molecular formula is C55H34N4S. The van der Waals surface area contributed by atoms with E-state index in [-0.39, 0.29) is 0 Å². The Labute approximate surface area is 352 Å². The summed E-state index contributed by atoms with van der Waals surface area (Å²) in [6.45, 7) is 0. The molecule has 0 saturated carbocycles. The van der Waals surface area contributed by atoms with Crippen LogP contribution in [0.15, 0.2) is 216 Å². The Morgan fingerprint density at radius 3 is 1.48 bits per heavy atom. The summed E-state index contributed by atoms with van der Waals surface area (Å²) in [6, 6.07) is 71.6. The van der Waals surface area contributed by atoms with Gasteiger partial charge in [-0.2, -0.15) is 0 Å². The smallest absolute Gasteiger partial charge is 0.164 e. The first-order chi connectivity index (χ1) is 29.7. The van der Waals surface area contributed by atoms with Gasteiger partial charge in [0.2, 0.25) is 0 Å². The third kappa shape index (κ3) is 5.40. The minimum atomic E-state index is -0.514. The molecule has 0 fully saturated rings. The normalized spacial score (nSPS) is 13.1. The first-order valence-corrected chi connectivity index (χ1v) is 21.0. The molecule has 4 nitrogen and oxygen atoms in total. The minimum absolute atomic E-state index is 0.514. The summed E-state index contributed by atoms with van der Waals surface area (Å²) in [5.74, 6) is 1.94. The van der Waals surface area contributed by atoms with E-state index in [0.29, 0.717) is 17.5 Å². The lowest BCUT2D eigenvalue weighted by molar-refractivity contribution is 0.722. The van der Waals surface area contributed by atoms with Crippen LogP contribution >= 0.6 is 11.8 Å². The molecule has 2 aliphatic rings. The molecule has 280 valence electrons. The molecule has 0 atom stereocenters. The molecule has 0 unspecified atom stereocenters. The highest BCUT2D eigenvalue weighted by Crippen LogP contribution is 2.62. The van der Waals surface area contributed by atoms with Gasteiger partial charge in [0.05, 0.1) is 10.9 Å². The van der Waals surface area contributed by atoms with Crippen molar-refractivity contribution in [2.75, 3.05) is 0 Å². The van der Waals surface area contributed by atoms with Gasteiger partial charge in [0, 0.05) is 43.6 Å². The Bertz CT molecular complexity index is 3200. The second-order valence-electron chi connectivity index (χ2n) is 15.4. The van der Waals surface area contributed by atoms with Crippen molar-refractivity contribution in [2.45, 2.75) is 15.2 Å². The van der Waals surface area contributed by atoms with Crippen molar-refractivity contribution in [3.63, 3.8) is 0 Å². The van der Waals surface area contributed by atoms with E-state index < -0.39 is 5.41 Å². The highest BCUT2D eigenvalue weighted by molar-refractivity contribution is 7.99. The molecule has 5 heteroatoms. The maximum atomic E-state index is 5.12. The van der Waals surface area contributed by atoms with E-state index in [1.165, 1.54) is 48.7 Å². The van der Waals surface area contributed by atoms with Crippen LogP contribution in [0.4, 0.5) is 0 Å². The molecular weight excluding hydrogens is 749 g/mol. The van der Waals surface area contributed by atoms with Gasteiger partial charge in [-0.1, -0.05) is 188 Å². The molecule has 8 aromatic carbocycles. The van der Waals surface area contributed by atoms with Crippen molar-refractivity contribution >= 4 is 22.7 Å². The van der Waals surface area contributed by atoms with Gasteiger partial charge in [-0.25, -0.2) is 15.0 Å². The van der Waals surface area contributed by atoms with Crippen LogP contribution in [-0.4, -0.2) is 19.9 Å². The van der Waals surface area contributed by atoms with Crippen molar-refractivity contribution in [2.24, 2.45) is 0 Å². The van der Waals surface area contributed by atoms with Gasteiger partial charge in [-0.3, -0.25) is 4.98 Å². The van der Waals surface area contributed by atoms with Gasteiger partial charge in [0.15, 0.2) is 17.5 Å². The number of fused-ring (bicyclic) bond motifs is 10. The van der Waals surface area contributed by atoms with Crippen molar-refractivity contribution in [1.29, 1.82) is 0 Å². The largest absolute Gasteiger partial charge is 0.256 e. The molecule has 0 radical (unpaired) electrons. The predicted octanol–water partition coefficient (Wildman–Crippen LogP) is 13.6. The van der Waals surface area contributed by atoms with Crippen LogP contribution in [0.1, 0.15) is 22.3 Å². The zero-order valence-corrected chi connectivity index (χ0v) is 33.1. The van der Waals surface area contributed by atoms with E-state index in [1.807, 2.05) is 60.4 Å². The Balaban J connectivity index is 1.05. The van der Waals surface area contributed by atoms with Gasteiger partial charge < -0.3 is 0 Å². The van der Waals surface area contributed by atoms with Crippen molar-refractivity contribution in [1.82, 2.24) is 19.9 Å². The number of nitrogens with zero attached hydrogens (tertiary/aromatic N) is 4. The third-order valence-electron chi connectivity index (χ3n) is 12.0. The topological polar surface area (TPSA) is 51.6 Å². The highest BCUT2D eigenvalue weighted by atomic mass is 32.2. The number of benzene rings is 8. The molecule has 2 aromatic heterocycles. The summed E-state index contributed by atoms with van der Waals surface area (Å²) in [5, 5.41) is 1.13. The fourth-order valence-electron chi connectivity index (χ4n) is 9.37. The summed E-state index contributed by atoms with van der Waals surface area (Å²) < 4.78 is 0. The molecule has 12 rings (SSSR count). The summed E-state index contributed by atoms with van der Waals surface area (Å²) in [7, 11) is 0. The molecule has 0 bridgehead atoms. The number of hydrogen-bond acceptors (Lipinski definition) is 5. The SMILES string of the molecule is c1ccc(-c2nc(-c3ccccc3)nc(-c3ccc4c(c3)Sc3cc(-c5cccc(-c6cccc7cccnc67)c5)ccc3C43c4ccccc4-c4ccccc43)n2)cc1. The summed E-state index contributed by atoms with van der Waals surface area (Å²) in [6.07, 6.45) is 1.88. The first kappa shape index (κ1) is 34.6. The fourth-order valence-corrected chi connectivity index (χ4v) is 10.6. The van der Waals surface area contributed by atoms with E-state index in [1.54, 1.807) is 0 Å². The van der Waals surface area contributed by atoms with Crippen LogP contribution < -0.4 is 0 Å². The summed E-state index contributed by atoms with van der Waals surface area (Å²) in [4.78, 5) is 22.4. The molecule has 1 spiro atoms. The van der Waals surface area contributed by atoms with Crippen LogP contribution in [0, 0.1) is 0 Å². The van der Waals surface area contributed by atoms with Crippen LogP contribution in [0.2, 0.25) is 0 Å². The Kier molecular flexibility index (Phi) is 7.97. The number of pyridine rings is 1. The highest BCUT2D eigenvalue weighted by Gasteiger charge is 2.50. The average molecular weight is 783 g/mol. The Morgan fingerprint density at radius 1 is 0.333 bits per heavy atom. The van der Waals surface area contributed by atoms with Crippen molar-refractivity contribution in [3.8, 4) is 67.5 Å². The zero-order valence-electron chi connectivity index (χ0n) is 32.3. The van der Waals surface area contributed by atoms with Crippen LogP contribution in [0.5, 0.6) is 0 Å². The maximum absolute atomic E-state index is 5.12. The lowest BCUT2D eigenvalue weighted by Crippen LogP contribution is -2.32. The van der Waals surface area contributed by atoms with Crippen LogP contribution in [-0.2, 0) is 5.41 Å². The van der Waals surface area contributed by atoms with Gasteiger partial charge in [-0.05, 0) is 74.3 Å². The number of rotatable bonds is 5. The van der Waals surface area contributed by atoms with Crippen molar-refractivity contribution < 1.29 is 0 Å². The van der Waals surface area contributed by atoms with E-state index >= 15 is 0 Å². The lowest BCUT2D eigenvalue weighted by atomic mass is 9.67. The Morgan fingerprint density at radius 2 is 0.817 bits per heavy atom. The minimum Gasteiger partial charge on any atom is -0.256 e. The standard InChI is InChI=1S/C55H34N4S/c1-3-14-36(15-4-1)52-57-53(37-16-5-2-6-17-37)59-54(58-52)41-28-30-48-50(34-41)60-49-33-39(38-19-11-20-40(32-38)42-24-12-18-35-21-13-31-56-51(35)42)27-29-47(49)55(48)45-25-9-7-22-43(45)44-23-8-10-26-46(44)55/h1-34H. The molecule has 1 aliphatic heterocycles. The number of aromatic nitrogens is 4. The second-order valence-corrected chi connectivity index (χ2v) is 16.4. The van der Waals surface area contributed by atoms with Gasteiger partial charge in [-0.15, -0.1) is 0 Å². The quantitative estimate of drug-likeness (QED) is 0.174. The monoisotopic (exact) mass is 782 g/mol. The van der Waals surface area contributed by atoms with Gasteiger partial charge >= 0.3 is 0 Å². The third-order valence-corrected chi connectivity index (χ3v) is 13.2. The Hall–Kier alpha value is -7.47. The van der Waals surface area contributed by atoms with E-state index in [9.17, 15) is 0 Å². The molecule has 1 aliphatic carbocycles. The molecule has 3 heterocycles. The number of para-hydroxylation sites is 1. The predicted molar refractivity (Wildman–Crippen MR) is 244 cm³/mol. The fraction of sp³-hybridized carbons (Fsp3) is 0.0182. The molecule has 60 heavy (non-hydrogen) atoms. The summed E-state index contributed by atoms with van der Waals surface area (Å²) >= 11 is 1.83. The van der Waals surface area contributed by atoms with Gasteiger partial charge in [0.25, 0.3) is 0 Å². The van der Waals surface area contributed by atoms with E-state index in [4.69, 9.17) is 19.9 Å². The molecule has 0 N–H and O–H groups in total. The van der Waals surface area contributed by atoms with E-state index in [0.717, 1.165) is 44.3 Å². The van der Waals surface area contributed by atoms with Crippen molar-refractivity contribution in [3.05, 3.63) is 229 Å². The molecule has 0 amide bonds. The van der Waals surface area contributed by atoms with Crippen LogP contribution in [0.25, 0.3) is 78.4 Å². The second kappa shape index (κ2) is 13.8. The van der Waals surface area contributed by atoms with E-state index in [2.05, 4.69) is 158 Å². The van der Waals surface area contributed by atoms with Crippen LogP contribution in [0.3, 0.4) is 0 Å². The van der Waals surface area contributed by atoms with Gasteiger partial charge in [0.1, 0.15) is 0 Å². The maximum Gasteiger partial charge on any atom is 0.164 e. The average Bonchev–Trinajstić information content (AvgIpc) is 3.62. The lowest BCUT2D eigenvalue weighted by Gasteiger charge is -2.40. The first-order valence-electron chi connectivity index (χ1n) is 20.2. The molecule has 0 saturated heterocycles. The summed E-state index contributed by atoms with van der Waals surface area (Å²) in [5.41, 5.74) is 15.7.